The molecular weight excluding hydrogens is 362 g/mol. The molecule has 3 amide bonds. The monoisotopic (exact) mass is 385 g/mol. The molecule has 1 aromatic heterocycles. The Bertz CT molecular complexity index is 811. The summed E-state index contributed by atoms with van der Waals surface area (Å²) >= 11 is 0. The second kappa shape index (κ2) is 9.16. The molecule has 8 heteroatoms. The van der Waals surface area contributed by atoms with E-state index in [1.54, 1.807) is 30.5 Å². The van der Waals surface area contributed by atoms with Gasteiger partial charge in [0.2, 0.25) is 0 Å². The van der Waals surface area contributed by atoms with Crippen molar-refractivity contribution >= 4 is 17.9 Å². The summed E-state index contributed by atoms with van der Waals surface area (Å²) in [6.45, 7) is 1.42. The fourth-order valence-electron chi connectivity index (χ4n) is 3.09. The van der Waals surface area contributed by atoms with E-state index in [1.807, 2.05) is 0 Å². The molecule has 1 atom stereocenters. The van der Waals surface area contributed by atoms with E-state index in [0.717, 1.165) is 31.2 Å². The first-order valence-electron chi connectivity index (χ1n) is 9.34. The zero-order valence-corrected chi connectivity index (χ0v) is 15.6. The first-order valence-corrected chi connectivity index (χ1v) is 9.34. The van der Waals surface area contributed by atoms with Gasteiger partial charge in [0.05, 0.1) is 11.8 Å². The van der Waals surface area contributed by atoms with Crippen LogP contribution in [0, 0.1) is 0 Å². The number of aromatic nitrogens is 1. The number of hydrogen-bond donors (Lipinski definition) is 2. The van der Waals surface area contributed by atoms with Crippen LogP contribution >= 0.6 is 0 Å². The van der Waals surface area contributed by atoms with E-state index in [0.29, 0.717) is 5.76 Å². The van der Waals surface area contributed by atoms with Crippen molar-refractivity contribution in [3.8, 4) is 11.3 Å². The quantitative estimate of drug-likeness (QED) is 0.766. The van der Waals surface area contributed by atoms with E-state index < -0.39 is 24.0 Å². The van der Waals surface area contributed by atoms with Crippen LogP contribution in [-0.2, 0) is 9.53 Å². The Hall–Kier alpha value is -3.16. The molecular formula is C20H23N3O5. The molecule has 1 aromatic carbocycles. The topological polar surface area (TPSA) is 111 Å². The molecule has 1 fully saturated rings. The molecule has 1 heterocycles. The lowest BCUT2D eigenvalue weighted by Crippen LogP contribution is -2.48. The number of imide groups is 1. The Morgan fingerprint density at radius 1 is 1.14 bits per heavy atom. The van der Waals surface area contributed by atoms with Crippen LogP contribution in [0.5, 0.6) is 0 Å². The maximum Gasteiger partial charge on any atom is 0.338 e. The summed E-state index contributed by atoms with van der Waals surface area (Å²) in [7, 11) is 0. The molecule has 0 saturated heterocycles. The number of ether oxygens (including phenoxy) is 1. The maximum absolute atomic E-state index is 12.2. The fraction of sp³-hybridized carbons (Fsp3) is 0.400. The standard InChI is InChI=1S/C20H23N3O5/c1-13(18(24)23-20(26)22-16-5-3-2-4-6-16)28-19(25)15-9-7-14(8-10-15)17-11-21-12-27-17/h7-13,16H,2-6H2,1H3,(H2,22,23,24,26). The van der Waals surface area contributed by atoms with Gasteiger partial charge in [-0.25, -0.2) is 14.6 Å². The van der Waals surface area contributed by atoms with Gasteiger partial charge < -0.3 is 14.5 Å². The van der Waals surface area contributed by atoms with Gasteiger partial charge in [-0.3, -0.25) is 10.1 Å². The van der Waals surface area contributed by atoms with Crippen molar-refractivity contribution in [1.82, 2.24) is 15.6 Å². The molecule has 148 valence electrons. The van der Waals surface area contributed by atoms with Gasteiger partial charge in [0.1, 0.15) is 0 Å². The molecule has 2 N–H and O–H groups in total. The predicted octanol–water partition coefficient (Wildman–Crippen LogP) is 3.05. The molecule has 0 radical (unpaired) electrons. The van der Waals surface area contributed by atoms with Gasteiger partial charge in [-0.1, -0.05) is 31.4 Å². The molecule has 28 heavy (non-hydrogen) atoms. The predicted molar refractivity (Wildman–Crippen MR) is 100 cm³/mol. The second-order valence-electron chi connectivity index (χ2n) is 6.79. The van der Waals surface area contributed by atoms with Crippen molar-refractivity contribution in [3.63, 3.8) is 0 Å². The summed E-state index contributed by atoms with van der Waals surface area (Å²) in [5.41, 5.74) is 1.05. The number of rotatable bonds is 5. The van der Waals surface area contributed by atoms with E-state index in [9.17, 15) is 14.4 Å². The highest BCUT2D eigenvalue weighted by Gasteiger charge is 2.22. The van der Waals surface area contributed by atoms with Crippen LogP contribution in [-0.4, -0.2) is 35.0 Å². The van der Waals surface area contributed by atoms with Crippen LogP contribution in [0.3, 0.4) is 0 Å². The summed E-state index contributed by atoms with van der Waals surface area (Å²) in [6.07, 6.45) is 6.93. The van der Waals surface area contributed by atoms with Crippen molar-refractivity contribution in [2.75, 3.05) is 0 Å². The molecule has 8 nitrogen and oxygen atoms in total. The van der Waals surface area contributed by atoms with E-state index >= 15 is 0 Å². The zero-order chi connectivity index (χ0) is 19.9. The van der Waals surface area contributed by atoms with E-state index in [4.69, 9.17) is 9.15 Å². The van der Waals surface area contributed by atoms with Gasteiger partial charge in [0.15, 0.2) is 18.3 Å². The Morgan fingerprint density at radius 2 is 1.86 bits per heavy atom. The fourth-order valence-corrected chi connectivity index (χ4v) is 3.09. The minimum atomic E-state index is -1.10. The largest absolute Gasteiger partial charge is 0.449 e. The summed E-state index contributed by atoms with van der Waals surface area (Å²) < 4.78 is 10.3. The Balaban J connectivity index is 1.48. The van der Waals surface area contributed by atoms with Crippen molar-refractivity contribution < 1.29 is 23.5 Å². The number of oxazole rings is 1. The molecule has 1 aliphatic rings. The van der Waals surface area contributed by atoms with Gasteiger partial charge in [0.25, 0.3) is 5.91 Å². The molecule has 2 aromatic rings. The third-order valence-electron chi connectivity index (χ3n) is 4.67. The normalized spacial score (nSPS) is 15.5. The lowest BCUT2D eigenvalue weighted by Gasteiger charge is -2.23. The van der Waals surface area contributed by atoms with Crippen molar-refractivity contribution in [2.24, 2.45) is 0 Å². The summed E-state index contributed by atoms with van der Waals surface area (Å²) in [5, 5.41) is 5.01. The highest BCUT2D eigenvalue weighted by atomic mass is 16.5. The first-order chi connectivity index (χ1) is 13.5. The summed E-state index contributed by atoms with van der Waals surface area (Å²) in [4.78, 5) is 40.1. The number of hydrogen-bond acceptors (Lipinski definition) is 6. The highest BCUT2D eigenvalue weighted by Crippen LogP contribution is 2.19. The maximum atomic E-state index is 12.2. The molecule has 1 unspecified atom stereocenters. The minimum absolute atomic E-state index is 0.0854. The number of nitrogens with zero attached hydrogens (tertiary/aromatic N) is 1. The van der Waals surface area contributed by atoms with Crippen LogP contribution < -0.4 is 10.6 Å². The minimum Gasteiger partial charge on any atom is -0.449 e. The van der Waals surface area contributed by atoms with Gasteiger partial charge >= 0.3 is 12.0 Å². The van der Waals surface area contributed by atoms with Gasteiger partial charge in [-0.05, 0) is 31.9 Å². The Kier molecular flexibility index (Phi) is 6.41. The summed E-state index contributed by atoms with van der Waals surface area (Å²) in [6, 6.07) is 6.05. The number of benzene rings is 1. The average molecular weight is 385 g/mol. The van der Waals surface area contributed by atoms with Crippen LogP contribution in [0.4, 0.5) is 4.79 Å². The Labute approximate surface area is 162 Å². The second-order valence-corrected chi connectivity index (χ2v) is 6.79. The van der Waals surface area contributed by atoms with E-state index in [1.165, 1.54) is 19.7 Å². The average Bonchev–Trinajstić information content (AvgIpc) is 3.23. The molecule has 0 aliphatic heterocycles. The number of amides is 3. The smallest absolute Gasteiger partial charge is 0.338 e. The number of nitrogens with one attached hydrogen (secondary N) is 2. The van der Waals surface area contributed by atoms with Crippen molar-refractivity contribution in [3.05, 3.63) is 42.4 Å². The lowest BCUT2D eigenvalue weighted by molar-refractivity contribution is -0.127. The van der Waals surface area contributed by atoms with Crippen molar-refractivity contribution in [2.45, 2.75) is 51.2 Å². The van der Waals surface area contributed by atoms with E-state index in [2.05, 4.69) is 15.6 Å². The first kappa shape index (κ1) is 19.6. The zero-order valence-electron chi connectivity index (χ0n) is 15.6. The number of carbonyl (C=O) groups is 3. The van der Waals surface area contributed by atoms with Gasteiger partial charge in [-0.15, -0.1) is 0 Å². The molecule has 3 rings (SSSR count). The van der Waals surface area contributed by atoms with E-state index in [-0.39, 0.29) is 11.6 Å². The van der Waals surface area contributed by atoms with Gasteiger partial charge in [0, 0.05) is 11.6 Å². The molecule has 1 aliphatic carbocycles. The number of urea groups is 1. The number of carbonyl (C=O) groups excluding carboxylic acids is 3. The molecule has 0 spiro atoms. The van der Waals surface area contributed by atoms with Crippen LogP contribution in [0.15, 0.2) is 41.3 Å². The number of esters is 1. The third kappa shape index (κ3) is 5.18. The molecule has 0 bridgehead atoms. The molecule has 1 saturated carbocycles. The van der Waals surface area contributed by atoms with Crippen LogP contribution in [0.1, 0.15) is 49.4 Å². The van der Waals surface area contributed by atoms with Crippen LogP contribution in [0.25, 0.3) is 11.3 Å². The summed E-state index contributed by atoms with van der Waals surface area (Å²) in [5.74, 6) is -0.740. The lowest BCUT2D eigenvalue weighted by atomic mass is 9.96. The van der Waals surface area contributed by atoms with Crippen molar-refractivity contribution in [1.29, 1.82) is 0 Å². The third-order valence-corrected chi connectivity index (χ3v) is 4.67. The highest BCUT2D eigenvalue weighted by molar-refractivity contribution is 5.98. The van der Waals surface area contributed by atoms with Crippen LogP contribution in [0.2, 0.25) is 0 Å². The van der Waals surface area contributed by atoms with Gasteiger partial charge in [-0.2, -0.15) is 0 Å². The Morgan fingerprint density at radius 3 is 2.50 bits per heavy atom. The SMILES string of the molecule is CC(OC(=O)c1ccc(-c2cnco2)cc1)C(=O)NC(=O)NC1CCCCC1.